The molecule has 0 fully saturated rings. The standard InChI is InChI=1S/C15H15F3N2O2/c1-2-12(21)5-3-4-10-6-8-11(9-7-10)13-19-14(22-20-13)15(16,17)18/h6-9H,2-5H2,1H3. The molecule has 0 atom stereocenters. The highest BCUT2D eigenvalue weighted by Crippen LogP contribution is 2.29. The Hall–Kier alpha value is -2.18. The Morgan fingerprint density at radius 2 is 1.91 bits per heavy atom. The molecule has 22 heavy (non-hydrogen) atoms. The fourth-order valence-corrected chi connectivity index (χ4v) is 1.94. The molecule has 0 bridgehead atoms. The van der Waals surface area contributed by atoms with Crippen LogP contribution in [0.4, 0.5) is 13.2 Å². The average molecular weight is 312 g/mol. The van der Waals surface area contributed by atoms with E-state index in [2.05, 4.69) is 14.7 Å². The van der Waals surface area contributed by atoms with Crippen LogP contribution in [-0.4, -0.2) is 15.9 Å². The molecule has 0 saturated heterocycles. The second-order valence-corrected chi connectivity index (χ2v) is 4.86. The first-order chi connectivity index (χ1) is 10.4. The van der Waals surface area contributed by atoms with Crippen molar-refractivity contribution in [2.75, 3.05) is 0 Å². The van der Waals surface area contributed by atoms with Crippen LogP contribution in [0.25, 0.3) is 11.4 Å². The van der Waals surface area contributed by atoms with Gasteiger partial charge in [0.2, 0.25) is 5.82 Å². The van der Waals surface area contributed by atoms with Gasteiger partial charge < -0.3 is 4.52 Å². The number of rotatable bonds is 6. The summed E-state index contributed by atoms with van der Waals surface area (Å²) in [6, 6.07) is 6.86. The lowest BCUT2D eigenvalue weighted by atomic mass is 10.0. The Morgan fingerprint density at radius 3 is 2.45 bits per heavy atom. The minimum atomic E-state index is -4.64. The quantitative estimate of drug-likeness (QED) is 0.807. The number of halogens is 3. The van der Waals surface area contributed by atoms with E-state index >= 15 is 0 Å². The number of carbonyl (C=O) groups is 1. The largest absolute Gasteiger partial charge is 0.471 e. The van der Waals surface area contributed by atoms with Crippen molar-refractivity contribution in [3.8, 4) is 11.4 Å². The SMILES string of the molecule is CCC(=O)CCCc1ccc(-c2noc(C(F)(F)F)n2)cc1. The number of aryl methyl sites for hydroxylation is 1. The molecule has 0 saturated carbocycles. The molecule has 7 heteroatoms. The van der Waals surface area contributed by atoms with Gasteiger partial charge in [0.05, 0.1) is 0 Å². The van der Waals surface area contributed by atoms with Gasteiger partial charge in [-0.3, -0.25) is 4.79 Å². The van der Waals surface area contributed by atoms with Gasteiger partial charge in [0.25, 0.3) is 0 Å². The van der Waals surface area contributed by atoms with Gasteiger partial charge in [-0.1, -0.05) is 36.3 Å². The molecule has 1 aromatic heterocycles. The van der Waals surface area contributed by atoms with Gasteiger partial charge in [-0.2, -0.15) is 18.2 Å². The fraction of sp³-hybridized carbons (Fsp3) is 0.400. The summed E-state index contributed by atoms with van der Waals surface area (Å²) in [5.41, 5.74) is 1.46. The third-order valence-electron chi connectivity index (χ3n) is 3.20. The van der Waals surface area contributed by atoms with Crippen LogP contribution in [0.5, 0.6) is 0 Å². The van der Waals surface area contributed by atoms with Crippen LogP contribution in [-0.2, 0) is 17.4 Å². The van der Waals surface area contributed by atoms with Gasteiger partial charge >= 0.3 is 12.1 Å². The van der Waals surface area contributed by atoms with Gasteiger partial charge in [-0.05, 0) is 18.4 Å². The summed E-state index contributed by atoms with van der Waals surface area (Å²) in [5, 5.41) is 3.33. The number of ketones is 1. The number of nitrogens with zero attached hydrogens (tertiary/aromatic N) is 2. The minimum Gasteiger partial charge on any atom is -0.329 e. The van der Waals surface area contributed by atoms with Crippen molar-refractivity contribution in [2.24, 2.45) is 0 Å². The number of aromatic nitrogens is 2. The molecule has 2 aromatic rings. The zero-order valence-electron chi connectivity index (χ0n) is 12.0. The Labute approximate surface area is 125 Å². The van der Waals surface area contributed by atoms with Crippen molar-refractivity contribution in [2.45, 2.75) is 38.8 Å². The van der Waals surface area contributed by atoms with Gasteiger partial charge in [0.1, 0.15) is 5.78 Å². The molecule has 4 nitrogen and oxygen atoms in total. The Kier molecular flexibility index (Phi) is 4.95. The number of alkyl halides is 3. The second kappa shape index (κ2) is 6.72. The molecule has 0 N–H and O–H groups in total. The molecule has 0 aliphatic rings. The highest BCUT2D eigenvalue weighted by Gasteiger charge is 2.38. The highest BCUT2D eigenvalue weighted by atomic mass is 19.4. The highest BCUT2D eigenvalue weighted by molar-refractivity contribution is 5.77. The topological polar surface area (TPSA) is 56.0 Å². The first-order valence-corrected chi connectivity index (χ1v) is 6.92. The number of carbonyl (C=O) groups excluding carboxylic acids is 1. The van der Waals surface area contributed by atoms with Crippen LogP contribution in [0.3, 0.4) is 0 Å². The Morgan fingerprint density at radius 1 is 1.23 bits per heavy atom. The normalized spacial score (nSPS) is 11.6. The van der Waals surface area contributed by atoms with E-state index < -0.39 is 12.1 Å². The van der Waals surface area contributed by atoms with Gasteiger partial charge in [0, 0.05) is 18.4 Å². The fourth-order valence-electron chi connectivity index (χ4n) is 1.94. The first kappa shape index (κ1) is 16.2. The summed E-state index contributed by atoms with van der Waals surface area (Å²) in [6.45, 7) is 1.83. The van der Waals surface area contributed by atoms with Crippen molar-refractivity contribution in [1.82, 2.24) is 10.1 Å². The maximum absolute atomic E-state index is 12.4. The van der Waals surface area contributed by atoms with E-state index in [4.69, 9.17) is 0 Å². The molecule has 0 aliphatic carbocycles. The summed E-state index contributed by atoms with van der Waals surface area (Å²) in [6.07, 6.45) is -2.06. The predicted octanol–water partition coefficient (Wildman–Crippen LogP) is 4.06. The molecular formula is C15H15F3N2O2. The smallest absolute Gasteiger partial charge is 0.329 e. The molecule has 118 valence electrons. The van der Waals surface area contributed by atoms with Crippen LogP contribution >= 0.6 is 0 Å². The molecule has 0 radical (unpaired) electrons. The van der Waals surface area contributed by atoms with E-state index in [-0.39, 0.29) is 11.6 Å². The van der Waals surface area contributed by atoms with E-state index in [1.807, 2.05) is 6.92 Å². The van der Waals surface area contributed by atoms with E-state index in [0.29, 0.717) is 18.4 Å². The summed E-state index contributed by atoms with van der Waals surface area (Å²) >= 11 is 0. The second-order valence-electron chi connectivity index (χ2n) is 4.86. The molecule has 0 amide bonds. The zero-order valence-corrected chi connectivity index (χ0v) is 12.0. The van der Waals surface area contributed by atoms with Crippen LogP contribution in [0.2, 0.25) is 0 Å². The van der Waals surface area contributed by atoms with Crippen molar-refractivity contribution < 1.29 is 22.5 Å². The summed E-state index contributed by atoms with van der Waals surface area (Å²) in [5.74, 6) is -1.23. The molecule has 0 unspecified atom stereocenters. The minimum absolute atomic E-state index is 0.0972. The van der Waals surface area contributed by atoms with E-state index in [1.165, 1.54) is 0 Å². The summed E-state index contributed by atoms with van der Waals surface area (Å²) in [7, 11) is 0. The van der Waals surface area contributed by atoms with E-state index in [0.717, 1.165) is 18.4 Å². The predicted molar refractivity (Wildman–Crippen MR) is 73.0 cm³/mol. The number of hydrogen-bond acceptors (Lipinski definition) is 4. The van der Waals surface area contributed by atoms with E-state index in [9.17, 15) is 18.0 Å². The molecule has 1 heterocycles. The Balaban J connectivity index is 2.00. The third kappa shape index (κ3) is 4.16. The lowest BCUT2D eigenvalue weighted by Gasteiger charge is -2.02. The first-order valence-electron chi connectivity index (χ1n) is 6.92. The lowest BCUT2D eigenvalue weighted by Crippen LogP contribution is -2.04. The van der Waals surface area contributed by atoms with Gasteiger partial charge in [-0.15, -0.1) is 0 Å². The van der Waals surface area contributed by atoms with Gasteiger partial charge in [0.15, 0.2) is 0 Å². The van der Waals surface area contributed by atoms with Crippen molar-refractivity contribution >= 4 is 5.78 Å². The molecule has 1 aromatic carbocycles. The summed E-state index contributed by atoms with van der Waals surface area (Å²) in [4.78, 5) is 14.5. The number of hydrogen-bond donors (Lipinski definition) is 0. The maximum Gasteiger partial charge on any atom is 0.471 e. The average Bonchev–Trinajstić information content (AvgIpc) is 2.97. The van der Waals surface area contributed by atoms with E-state index in [1.54, 1.807) is 24.3 Å². The molecular weight excluding hydrogens is 297 g/mol. The van der Waals surface area contributed by atoms with Crippen LogP contribution in [0, 0.1) is 0 Å². The van der Waals surface area contributed by atoms with Crippen molar-refractivity contribution in [3.05, 3.63) is 35.7 Å². The van der Waals surface area contributed by atoms with Crippen LogP contribution in [0.15, 0.2) is 28.8 Å². The third-order valence-corrected chi connectivity index (χ3v) is 3.20. The molecule has 0 aliphatic heterocycles. The summed E-state index contributed by atoms with van der Waals surface area (Å²) < 4.78 is 41.4. The van der Waals surface area contributed by atoms with Crippen molar-refractivity contribution in [1.29, 1.82) is 0 Å². The monoisotopic (exact) mass is 312 g/mol. The molecule has 2 rings (SSSR count). The Bertz CT molecular complexity index is 633. The zero-order chi connectivity index (χ0) is 16.2. The molecule has 0 spiro atoms. The van der Waals surface area contributed by atoms with Crippen molar-refractivity contribution in [3.63, 3.8) is 0 Å². The maximum atomic E-state index is 12.4. The van der Waals surface area contributed by atoms with Crippen LogP contribution in [0.1, 0.15) is 37.6 Å². The van der Waals surface area contributed by atoms with Crippen LogP contribution < -0.4 is 0 Å². The lowest BCUT2D eigenvalue weighted by molar-refractivity contribution is -0.159. The number of benzene rings is 1. The van der Waals surface area contributed by atoms with Gasteiger partial charge in [-0.25, -0.2) is 0 Å². The number of Topliss-reactive ketones (excluding diaryl/α,β-unsaturated/α-hetero) is 1.